The lowest BCUT2D eigenvalue weighted by Crippen LogP contribution is -2.62. The van der Waals surface area contributed by atoms with Crippen molar-refractivity contribution in [3.05, 3.63) is 66.0 Å². The number of β-amino-alcohol motifs (C(OH)–C–C–N with tert-alkyl or cyclic N) is 1. The van der Waals surface area contributed by atoms with Crippen molar-refractivity contribution in [1.82, 2.24) is 25.4 Å². The summed E-state index contributed by atoms with van der Waals surface area (Å²) in [7, 11) is 0. The lowest BCUT2D eigenvalue weighted by molar-refractivity contribution is -0.132. The Balaban J connectivity index is 1.45. The molecule has 2 fully saturated rings. The SMILES string of the molecule is C[C@@H]1CC[C@@H](O)[C@H]1NC(=O)[C@H](Cc1ccccc1)C[C@H](O)CN1CCN(Cc2cccnc2)C[C@H]1C(=O)NC(C)(C)C. The monoisotopic (exact) mass is 579 g/mol. The van der Waals surface area contributed by atoms with E-state index in [0.717, 1.165) is 24.1 Å². The van der Waals surface area contributed by atoms with Gasteiger partial charge in [0.05, 0.1) is 18.2 Å². The summed E-state index contributed by atoms with van der Waals surface area (Å²) in [5.41, 5.74) is 1.74. The molecule has 1 saturated carbocycles. The van der Waals surface area contributed by atoms with Gasteiger partial charge in [0.25, 0.3) is 0 Å². The lowest BCUT2D eigenvalue weighted by atomic mass is 9.91. The summed E-state index contributed by atoms with van der Waals surface area (Å²) in [4.78, 5) is 35.6. The normalized spacial score (nSPS) is 25.1. The van der Waals surface area contributed by atoms with Crippen molar-refractivity contribution < 1.29 is 19.8 Å². The van der Waals surface area contributed by atoms with Crippen LogP contribution in [0.3, 0.4) is 0 Å². The van der Waals surface area contributed by atoms with Crippen molar-refractivity contribution in [2.45, 2.75) is 89.8 Å². The maximum absolute atomic E-state index is 13.5. The number of benzene rings is 1. The number of nitrogens with zero attached hydrogens (tertiary/aromatic N) is 3. The van der Waals surface area contributed by atoms with Gasteiger partial charge in [-0.05, 0) is 69.6 Å². The van der Waals surface area contributed by atoms with Crippen LogP contribution in [0, 0.1) is 11.8 Å². The number of aliphatic hydroxyl groups excluding tert-OH is 2. The Bertz CT molecular complexity index is 1130. The number of carbonyl (C=O) groups is 2. The molecule has 1 aliphatic carbocycles. The van der Waals surface area contributed by atoms with Crippen LogP contribution < -0.4 is 10.6 Å². The Morgan fingerprint density at radius 3 is 2.45 bits per heavy atom. The van der Waals surface area contributed by atoms with Gasteiger partial charge in [0.2, 0.25) is 11.8 Å². The first-order valence-corrected chi connectivity index (χ1v) is 15.4. The van der Waals surface area contributed by atoms with Crippen molar-refractivity contribution in [3.8, 4) is 0 Å². The van der Waals surface area contributed by atoms with Gasteiger partial charge in [-0.3, -0.25) is 24.4 Å². The minimum atomic E-state index is -0.801. The van der Waals surface area contributed by atoms with Crippen LogP contribution in [0.1, 0.15) is 58.1 Å². The fourth-order valence-electron chi connectivity index (χ4n) is 6.24. The molecule has 1 aromatic carbocycles. The van der Waals surface area contributed by atoms with E-state index in [1.54, 1.807) is 6.20 Å². The predicted molar refractivity (Wildman–Crippen MR) is 163 cm³/mol. The standard InChI is InChI=1S/C33H49N5O4/c1-23-12-13-29(40)30(23)35-31(41)26(17-24-9-6-5-7-10-24)18-27(39)21-38-16-15-37(20-25-11-8-14-34-19-25)22-28(38)32(42)36-33(2,3)4/h5-11,14,19,23,26-30,39-40H,12-13,15-18,20-22H2,1-4H3,(H,35,41)(H,36,42)/t23-,26-,27+,28+,29-,30+/m1/s1. The fraction of sp³-hybridized carbons (Fsp3) is 0.606. The van der Waals surface area contributed by atoms with Crippen LogP contribution in [0.2, 0.25) is 0 Å². The minimum Gasteiger partial charge on any atom is -0.392 e. The van der Waals surface area contributed by atoms with E-state index >= 15 is 0 Å². The Kier molecular flexibility index (Phi) is 11.1. The molecule has 230 valence electrons. The number of rotatable bonds is 11. The van der Waals surface area contributed by atoms with Crippen LogP contribution in [0.25, 0.3) is 0 Å². The van der Waals surface area contributed by atoms with E-state index in [-0.39, 0.29) is 35.7 Å². The van der Waals surface area contributed by atoms with Gasteiger partial charge in [-0.2, -0.15) is 0 Å². The lowest BCUT2D eigenvalue weighted by Gasteiger charge is -2.42. The predicted octanol–water partition coefficient (Wildman–Crippen LogP) is 2.37. The van der Waals surface area contributed by atoms with Crippen LogP contribution in [-0.4, -0.2) is 92.8 Å². The fourth-order valence-corrected chi connectivity index (χ4v) is 6.24. The Morgan fingerprint density at radius 2 is 1.81 bits per heavy atom. The third-order valence-electron chi connectivity index (χ3n) is 8.46. The molecule has 0 spiro atoms. The largest absolute Gasteiger partial charge is 0.392 e. The van der Waals surface area contributed by atoms with E-state index in [0.29, 0.717) is 39.0 Å². The van der Waals surface area contributed by atoms with Crippen molar-refractivity contribution >= 4 is 11.8 Å². The first-order valence-electron chi connectivity index (χ1n) is 15.4. The van der Waals surface area contributed by atoms with Gasteiger partial charge in [-0.15, -0.1) is 0 Å². The molecule has 4 N–H and O–H groups in total. The Labute approximate surface area is 250 Å². The summed E-state index contributed by atoms with van der Waals surface area (Å²) in [6.45, 7) is 10.9. The highest BCUT2D eigenvalue weighted by atomic mass is 16.3. The number of hydrogen-bond acceptors (Lipinski definition) is 7. The number of aliphatic hydroxyl groups is 2. The molecule has 2 aromatic rings. The van der Waals surface area contributed by atoms with E-state index in [9.17, 15) is 19.8 Å². The van der Waals surface area contributed by atoms with Gasteiger partial charge in [-0.1, -0.05) is 43.3 Å². The highest BCUT2D eigenvalue weighted by Gasteiger charge is 2.37. The third-order valence-corrected chi connectivity index (χ3v) is 8.46. The van der Waals surface area contributed by atoms with E-state index in [1.165, 1.54) is 0 Å². The molecule has 1 aromatic heterocycles. The first-order chi connectivity index (χ1) is 20.0. The second-order valence-corrected chi connectivity index (χ2v) is 13.3. The second kappa shape index (κ2) is 14.6. The molecule has 9 nitrogen and oxygen atoms in total. The molecule has 0 bridgehead atoms. The molecule has 4 rings (SSSR count). The van der Waals surface area contributed by atoms with Gasteiger partial charge >= 0.3 is 0 Å². The van der Waals surface area contributed by atoms with Crippen LogP contribution in [0.5, 0.6) is 0 Å². The van der Waals surface area contributed by atoms with E-state index < -0.39 is 24.2 Å². The second-order valence-electron chi connectivity index (χ2n) is 13.3. The number of amides is 2. The number of aromatic nitrogens is 1. The molecular formula is C33H49N5O4. The van der Waals surface area contributed by atoms with Gasteiger partial charge < -0.3 is 20.8 Å². The van der Waals surface area contributed by atoms with E-state index in [4.69, 9.17) is 0 Å². The summed E-state index contributed by atoms with van der Waals surface area (Å²) in [5, 5.41) is 28.0. The highest BCUT2D eigenvalue weighted by molar-refractivity contribution is 5.83. The number of pyridine rings is 1. The summed E-state index contributed by atoms with van der Waals surface area (Å²) >= 11 is 0. The average molecular weight is 580 g/mol. The Hall–Kier alpha value is -2.85. The maximum atomic E-state index is 13.5. The topological polar surface area (TPSA) is 118 Å². The zero-order chi connectivity index (χ0) is 30.3. The van der Waals surface area contributed by atoms with E-state index in [2.05, 4.69) is 32.3 Å². The van der Waals surface area contributed by atoms with Crippen molar-refractivity contribution in [2.75, 3.05) is 26.2 Å². The molecule has 2 amide bonds. The summed E-state index contributed by atoms with van der Waals surface area (Å²) in [6, 6.07) is 13.1. The zero-order valence-electron chi connectivity index (χ0n) is 25.6. The van der Waals surface area contributed by atoms with Crippen molar-refractivity contribution in [2.24, 2.45) is 11.8 Å². The molecular weight excluding hydrogens is 530 g/mol. The van der Waals surface area contributed by atoms with Gasteiger partial charge in [0.15, 0.2) is 0 Å². The van der Waals surface area contributed by atoms with Crippen LogP contribution in [0.15, 0.2) is 54.9 Å². The molecule has 6 atom stereocenters. The van der Waals surface area contributed by atoms with Crippen LogP contribution in [-0.2, 0) is 22.6 Å². The summed E-state index contributed by atoms with van der Waals surface area (Å²) in [6.07, 6.45) is 4.58. The minimum absolute atomic E-state index is 0.0617. The summed E-state index contributed by atoms with van der Waals surface area (Å²) in [5.74, 6) is -0.459. The quantitative estimate of drug-likeness (QED) is 0.323. The molecule has 1 saturated heterocycles. The number of hydrogen-bond donors (Lipinski definition) is 4. The molecule has 42 heavy (non-hydrogen) atoms. The zero-order valence-corrected chi connectivity index (χ0v) is 25.6. The third kappa shape index (κ3) is 9.33. The first kappa shape index (κ1) is 32.1. The van der Waals surface area contributed by atoms with Crippen molar-refractivity contribution in [1.29, 1.82) is 0 Å². The number of nitrogens with one attached hydrogen (secondary N) is 2. The highest BCUT2D eigenvalue weighted by Crippen LogP contribution is 2.27. The smallest absolute Gasteiger partial charge is 0.239 e. The molecule has 0 radical (unpaired) electrons. The average Bonchev–Trinajstić information content (AvgIpc) is 3.25. The molecule has 0 unspecified atom stereocenters. The van der Waals surface area contributed by atoms with Gasteiger partial charge in [-0.25, -0.2) is 0 Å². The summed E-state index contributed by atoms with van der Waals surface area (Å²) < 4.78 is 0. The maximum Gasteiger partial charge on any atom is 0.239 e. The molecule has 2 aliphatic rings. The number of carbonyl (C=O) groups excluding carboxylic acids is 2. The molecule has 9 heteroatoms. The van der Waals surface area contributed by atoms with Crippen LogP contribution >= 0.6 is 0 Å². The molecule has 2 heterocycles. The van der Waals surface area contributed by atoms with E-state index in [1.807, 2.05) is 69.4 Å². The van der Waals surface area contributed by atoms with Crippen molar-refractivity contribution in [3.63, 3.8) is 0 Å². The van der Waals surface area contributed by atoms with Gasteiger partial charge in [0.1, 0.15) is 6.04 Å². The number of piperazine rings is 1. The molecule has 1 aliphatic heterocycles. The Morgan fingerprint density at radius 1 is 1.07 bits per heavy atom. The van der Waals surface area contributed by atoms with Crippen LogP contribution in [0.4, 0.5) is 0 Å². The van der Waals surface area contributed by atoms with Gasteiger partial charge in [0, 0.05) is 56.6 Å².